The maximum atomic E-state index is 12.8. The van der Waals surface area contributed by atoms with Gasteiger partial charge in [0, 0.05) is 50.4 Å². The van der Waals surface area contributed by atoms with E-state index < -0.39 is 0 Å². The molecule has 0 radical (unpaired) electrons. The van der Waals surface area contributed by atoms with Crippen molar-refractivity contribution in [1.29, 1.82) is 0 Å². The number of ether oxygens (including phenoxy) is 3. The predicted molar refractivity (Wildman–Crippen MR) is 114 cm³/mol. The molecular weight excluding hydrogens is 412 g/mol. The van der Waals surface area contributed by atoms with Gasteiger partial charge in [-0.1, -0.05) is 13.8 Å². The lowest BCUT2D eigenvalue weighted by Gasteiger charge is -2.63. The zero-order valence-electron chi connectivity index (χ0n) is 19.8. The zero-order valence-corrected chi connectivity index (χ0v) is 19.8. The van der Waals surface area contributed by atoms with Crippen LogP contribution in [-0.2, 0) is 33.4 Å². The molecule has 0 saturated heterocycles. The zero-order chi connectivity index (χ0) is 23.4. The van der Waals surface area contributed by atoms with E-state index in [1.54, 1.807) is 0 Å². The van der Waals surface area contributed by atoms with Gasteiger partial charge in [-0.15, -0.1) is 0 Å². The Labute approximate surface area is 189 Å². The van der Waals surface area contributed by atoms with E-state index in [0.717, 1.165) is 19.3 Å². The van der Waals surface area contributed by atoms with Crippen LogP contribution >= 0.6 is 0 Å². The van der Waals surface area contributed by atoms with Gasteiger partial charge in [0.15, 0.2) is 0 Å². The molecule has 0 bridgehead atoms. The summed E-state index contributed by atoms with van der Waals surface area (Å²) in [4.78, 5) is 48.6. The summed E-state index contributed by atoms with van der Waals surface area (Å²) in [6.45, 7) is 8.55. The van der Waals surface area contributed by atoms with E-state index in [2.05, 4.69) is 13.8 Å². The van der Waals surface area contributed by atoms with Crippen LogP contribution < -0.4 is 0 Å². The summed E-state index contributed by atoms with van der Waals surface area (Å²) < 4.78 is 17.4. The van der Waals surface area contributed by atoms with Gasteiger partial charge in [-0.05, 0) is 49.9 Å². The van der Waals surface area contributed by atoms with Gasteiger partial charge in [0.1, 0.15) is 24.1 Å². The van der Waals surface area contributed by atoms with Gasteiger partial charge in [-0.3, -0.25) is 19.2 Å². The molecule has 9 atom stereocenters. The fourth-order valence-corrected chi connectivity index (χ4v) is 8.01. The van der Waals surface area contributed by atoms with Gasteiger partial charge < -0.3 is 14.2 Å². The molecule has 4 fully saturated rings. The Morgan fingerprint density at radius 3 is 2.12 bits per heavy atom. The first-order valence-electron chi connectivity index (χ1n) is 12.0. The number of hydrogen-bond donors (Lipinski definition) is 0. The van der Waals surface area contributed by atoms with Gasteiger partial charge in [-0.2, -0.15) is 0 Å². The molecule has 32 heavy (non-hydrogen) atoms. The lowest BCUT2D eigenvalue weighted by Crippen LogP contribution is -2.64. The van der Waals surface area contributed by atoms with Crippen molar-refractivity contribution in [3.63, 3.8) is 0 Å². The molecule has 178 valence electrons. The first kappa shape index (κ1) is 23.2. The van der Waals surface area contributed by atoms with Crippen molar-refractivity contribution >= 4 is 23.7 Å². The van der Waals surface area contributed by atoms with Gasteiger partial charge in [0.2, 0.25) is 0 Å². The van der Waals surface area contributed by atoms with Crippen LogP contribution in [0.25, 0.3) is 0 Å². The highest BCUT2D eigenvalue weighted by atomic mass is 16.6. The molecule has 0 spiro atoms. The summed E-state index contributed by atoms with van der Waals surface area (Å²) in [5, 5.41) is 0. The molecule has 4 rings (SSSR count). The van der Waals surface area contributed by atoms with Gasteiger partial charge in [0.25, 0.3) is 0 Å². The molecule has 4 aliphatic carbocycles. The van der Waals surface area contributed by atoms with E-state index >= 15 is 0 Å². The van der Waals surface area contributed by atoms with Crippen LogP contribution in [0.5, 0.6) is 0 Å². The minimum Gasteiger partial charge on any atom is -0.462 e. The van der Waals surface area contributed by atoms with E-state index in [-0.39, 0.29) is 70.7 Å². The van der Waals surface area contributed by atoms with Crippen LogP contribution in [0.2, 0.25) is 0 Å². The predicted octanol–water partition coefficient (Wildman–Crippen LogP) is 3.61. The minimum absolute atomic E-state index is 0.0636. The van der Waals surface area contributed by atoms with Crippen LogP contribution in [0.3, 0.4) is 0 Å². The maximum Gasteiger partial charge on any atom is 0.302 e. The highest BCUT2D eigenvalue weighted by molar-refractivity contribution is 5.87. The molecule has 0 aromatic heterocycles. The van der Waals surface area contributed by atoms with E-state index in [1.165, 1.54) is 20.8 Å². The van der Waals surface area contributed by atoms with Crippen molar-refractivity contribution < 1.29 is 33.4 Å². The third kappa shape index (κ3) is 3.65. The monoisotopic (exact) mass is 448 g/mol. The summed E-state index contributed by atoms with van der Waals surface area (Å²) in [5.74, 6) is -0.192. The van der Waals surface area contributed by atoms with Gasteiger partial charge >= 0.3 is 17.9 Å². The average Bonchev–Trinajstić information content (AvgIpc) is 2.97. The van der Waals surface area contributed by atoms with Crippen LogP contribution in [0.1, 0.15) is 79.6 Å². The molecule has 7 heteroatoms. The Morgan fingerprint density at radius 2 is 1.50 bits per heavy atom. The van der Waals surface area contributed by atoms with Crippen LogP contribution in [-0.4, -0.2) is 42.0 Å². The van der Waals surface area contributed by atoms with Crippen molar-refractivity contribution in [2.75, 3.05) is 0 Å². The summed E-state index contributed by atoms with van der Waals surface area (Å²) in [5.41, 5.74) is -0.689. The number of rotatable bonds is 3. The number of carbonyl (C=O) groups is 4. The topological polar surface area (TPSA) is 96.0 Å². The molecule has 4 saturated carbocycles. The fraction of sp³-hybridized carbons (Fsp3) is 0.840. The second-order valence-corrected chi connectivity index (χ2v) is 11.0. The number of Topliss-reactive ketones (excluding diaryl/α,β-unsaturated/α-hetero) is 1. The Hall–Kier alpha value is -1.92. The number of hydrogen-bond acceptors (Lipinski definition) is 7. The SMILES string of the molecule is CC(=O)OC1CC2CC(OC(C)=O)C3C(CC[C@]4(C)C(=O)CCC34)[C@@]2(C)C(OC(C)=O)C1. The molecule has 0 heterocycles. The number of ketones is 1. The summed E-state index contributed by atoms with van der Waals surface area (Å²) in [7, 11) is 0. The van der Waals surface area contributed by atoms with Crippen molar-refractivity contribution in [3.8, 4) is 0 Å². The molecule has 4 aliphatic rings. The molecule has 7 unspecified atom stereocenters. The van der Waals surface area contributed by atoms with Crippen molar-refractivity contribution in [2.24, 2.45) is 34.5 Å². The second kappa shape index (κ2) is 8.14. The third-order valence-electron chi connectivity index (χ3n) is 9.34. The molecule has 7 nitrogen and oxygen atoms in total. The average molecular weight is 449 g/mol. The third-order valence-corrected chi connectivity index (χ3v) is 9.34. The smallest absolute Gasteiger partial charge is 0.302 e. The molecule has 0 aromatic rings. The summed E-state index contributed by atoms with van der Waals surface area (Å²) >= 11 is 0. The number of carbonyl (C=O) groups excluding carboxylic acids is 4. The molecular formula is C25H36O7. The van der Waals surface area contributed by atoms with E-state index in [4.69, 9.17) is 14.2 Å². The quantitative estimate of drug-likeness (QED) is 0.481. The van der Waals surface area contributed by atoms with E-state index in [9.17, 15) is 19.2 Å². The largest absolute Gasteiger partial charge is 0.462 e. The van der Waals surface area contributed by atoms with Gasteiger partial charge in [0.05, 0.1) is 0 Å². The first-order chi connectivity index (χ1) is 15.0. The maximum absolute atomic E-state index is 12.8. The Morgan fingerprint density at radius 1 is 0.844 bits per heavy atom. The van der Waals surface area contributed by atoms with Crippen molar-refractivity contribution in [2.45, 2.75) is 97.9 Å². The standard InChI is InChI=1S/C25H36O7/c1-13(26)30-17-10-16-11-20(31-14(2)27)23-18-6-7-21(29)24(18,4)9-8-19(23)25(16,5)22(12-17)32-15(3)28/h16-20,22-23H,6-12H2,1-5H3/t16?,17?,18?,19?,20?,22?,23?,24-,25-/m0/s1. The van der Waals surface area contributed by atoms with Crippen molar-refractivity contribution in [1.82, 2.24) is 0 Å². The van der Waals surface area contributed by atoms with E-state index in [0.29, 0.717) is 31.5 Å². The van der Waals surface area contributed by atoms with Crippen molar-refractivity contribution in [3.05, 3.63) is 0 Å². The Balaban J connectivity index is 1.74. The minimum atomic E-state index is -0.379. The number of esters is 3. The van der Waals surface area contributed by atoms with E-state index in [1.807, 2.05) is 0 Å². The summed E-state index contributed by atoms with van der Waals surface area (Å²) in [6, 6.07) is 0. The molecule has 0 aliphatic heterocycles. The first-order valence-corrected chi connectivity index (χ1v) is 12.0. The fourth-order valence-electron chi connectivity index (χ4n) is 8.01. The highest BCUT2D eigenvalue weighted by Gasteiger charge is 2.66. The van der Waals surface area contributed by atoms with Gasteiger partial charge in [-0.25, -0.2) is 0 Å². The normalized spacial score (nSPS) is 45.2. The highest BCUT2D eigenvalue weighted by Crippen LogP contribution is 2.66. The molecule has 0 amide bonds. The molecule has 0 aromatic carbocycles. The van der Waals surface area contributed by atoms with Crippen LogP contribution in [0.4, 0.5) is 0 Å². The summed E-state index contributed by atoms with van der Waals surface area (Å²) in [6.07, 6.45) is 3.85. The lowest BCUT2D eigenvalue weighted by atomic mass is 9.43. The lowest BCUT2D eigenvalue weighted by molar-refractivity contribution is -0.227. The Kier molecular flexibility index (Phi) is 5.91. The molecule has 0 N–H and O–H groups in total. The number of fused-ring (bicyclic) bond motifs is 5. The second-order valence-electron chi connectivity index (χ2n) is 11.0. The van der Waals surface area contributed by atoms with Crippen LogP contribution in [0, 0.1) is 34.5 Å². The Bertz CT molecular complexity index is 821. The van der Waals surface area contributed by atoms with Crippen LogP contribution in [0.15, 0.2) is 0 Å².